The first kappa shape index (κ1) is 42.2. The summed E-state index contributed by atoms with van der Waals surface area (Å²) in [5.74, 6) is -1.46. The highest BCUT2D eigenvalue weighted by atomic mass is 31.2. The van der Waals surface area contributed by atoms with Gasteiger partial charge < -0.3 is 23.7 Å². The average molecular weight is 788 g/mol. The summed E-state index contributed by atoms with van der Waals surface area (Å²) in [6, 6.07) is 29.9. The number of esters is 2. The van der Waals surface area contributed by atoms with Gasteiger partial charge in [-0.15, -0.1) is 0 Å². The molecule has 2 heterocycles. The second-order valence-corrected chi connectivity index (χ2v) is 17.0. The highest BCUT2D eigenvalue weighted by Crippen LogP contribution is 2.45. The van der Waals surface area contributed by atoms with Crippen LogP contribution in [0.25, 0.3) is 11.2 Å². The van der Waals surface area contributed by atoms with Crippen molar-refractivity contribution in [3.8, 4) is 0 Å². The van der Waals surface area contributed by atoms with Crippen LogP contribution in [0.4, 0.5) is 5.82 Å². The number of hydrogen-bond acceptors (Lipinski definition) is 12. The van der Waals surface area contributed by atoms with Gasteiger partial charge in [0.1, 0.15) is 23.0 Å². The van der Waals surface area contributed by atoms with Gasteiger partial charge in [0.25, 0.3) is 6.10 Å². The quantitative estimate of drug-likeness (QED) is 0.0254. The minimum atomic E-state index is -4.66. The first-order valence-electron chi connectivity index (χ1n) is 18.2. The molecule has 0 fully saturated rings. The minimum Gasteiger partial charge on any atom is -0.458 e. The van der Waals surface area contributed by atoms with Gasteiger partial charge in [0.15, 0.2) is 22.8 Å². The number of carbonyl (C=O) groups excluding carboxylic acids is 2. The van der Waals surface area contributed by atoms with Crippen molar-refractivity contribution in [2.75, 3.05) is 25.5 Å². The van der Waals surface area contributed by atoms with Crippen LogP contribution in [0.5, 0.6) is 0 Å². The molecule has 14 nitrogen and oxygen atoms in total. The fourth-order valence-corrected chi connectivity index (χ4v) is 7.11. The van der Waals surface area contributed by atoms with Gasteiger partial charge in [-0.05, 0) is 71.6 Å². The maximum absolute atomic E-state index is 13.1. The number of benzene rings is 3. The van der Waals surface area contributed by atoms with Gasteiger partial charge >= 0.3 is 19.5 Å². The van der Waals surface area contributed by atoms with E-state index < -0.39 is 48.6 Å². The van der Waals surface area contributed by atoms with Crippen LogP contribution in [0, 0.1) is 0 Å². The van der Waals surface area contributed by atoms with E-state index in [2.05, 4.69) is 46.9 Å². The maximum atomic E-state index is 13.1. The molecule has 0 aliphatic carbocycles. The minimum absolute atomic E-state index is 0.00138. The SMILES string of the molecule is CONc1nc(C(c2ccccc2)(c2ccccc2)c2ccccc2)nc2c1ncn2C(C)CCOCP(=O)(O)OC(C(=O)OC(C)(C)C)C(=O)OC(C)(C)C. The molecule has 0 spiro atoms. The molecule has 5 rings (SSSR count). The molecule has 15 heteroatoms. The lowest BCUT2D eigenvalue weighted by molar-refractivity contribution is -0.179. The van der Waals surface area contributed by atoms with Gasteiger partial charge in [-0.3, -0.25) is 13.9 Å². The summed E-state index contributed by atoms with van der Waals surface area (Å²) in [5.41, 5.74) is 3.78. The third-order valence-corrected chi connectivity index (χ3v) is 9.55. The number of fused-ring (bicyclic) bond motifs is 1. The van der Waals surface area contributed by atoms with Gasteiger partial charge in [0, 0.05) is 12.6 Å². The monoisotopic (exact) mass is 787 g/mol. The number of nitrogens with zero attached hydrogens (tertiary/aromatic N) is 4. The topological polar surface area (TPSA) is 173 Å². The van der Waals surface area contributed by atoms with Crippen molar-refractivity contribution in [2.24, 2.45) is 0 Å². The van der Waals surface area contributed by atoms with E-state index in [4.69, 9.17) is 33.5 Å². The van der Waals surface area contributed by atoms with E-state index in [0.717, 1.165) is 16.7 Å². The van der Waals surface area contributed by atoms with Gasteiger partial charge in [0.05, 0.1) is 13.4 Å². The molecule has 0 aliphatic heterocycles. The number of anilines is 1. The lowest BCUT2D eigenvalue weighted by atomic mass is 9.68. The van der Waals surface area contributed by atoms with Crippen LogP contribution in [-0.2, 0) is 43.1 Å². The predicted molar refractivity (Wildman–Crippen MR) is 211 cm³/mol. The second-order valence-electron chi connectivity index (χ2n) is 15.2. The Morgan fingerprint density at radius 2 is 1.29 bits per heavy atom. The predicted octanol–water partition coefficient (Wildman–Crippen LogP) is 7.36. The molecule has 0 radical (unpaired) electrons. The van der Waals surface area contributed by atoms with Crippen LogP contribution < -0.4 is 5.48 Å². The number of imidazole rings is 1. The molecule has 0 aliphatic rings. The van der Waals surface area contributed by atoms with Crippen LogP contribution in [0.15, 0.2) is 97.3 Å². The first-order chi connectivity index (χ1) is 26.4. The van der Waals surface area contributed by atoms with Gasteiger partial charge in [0.2, 0.25) is 0 Å². The molecule has 298 valence electrons. The van der Waals surface area contributed by atoms with Crippen LogP contribution >= 0.6 is 7.60 Å². The summed E-state index contributed by atoms with van der Waals surface area (Å²) in [5, 5.41) is 0. The molecular weight excluding hydrogens is 737 g/mol. The fraction of sp³-hybridized carbons (Fsp3) is 0.390. The molecule has 0 amide bonds. The van der Waals surface area contributed by atoms with E-state index >= 15 is 0 Å². The Morgan fingerprint density at radius 3 is 1.73 bits per heavy atom. The van der Waals surface area contributed by atoms with E-state index in [-0.39, 0.29) is 12.6 Å². The molecule has 2 unspecified atom stereocenters. The lowest BCUT2D eigenvalue weighted by Crippen LogP contribution is -2.42. The van der Waals surface area contributed by atoms with Crippen molar-refractivity contribution in [2.45, 2.75) is 83.6 Å². The molecule has 2 N–H and O–H groups in total. The van der Waals surface area contributed by atoms with Crippen LogP contribution in [0.1, 0.15) is 83.4 Å². The fourth-order valence-electron chi connectivity index (χ4n) is 6.19. The van der Waals surface area contributed by atoms with E-state index in [0.29, 0.717) is 29.2 Å². The van der Waals surface area contributed by atoms with E-state index in [9.17, 15) is 19.0 Å². The third kappa shape index (κ3) is 10.1. The Balaban J connectivity index is 1.44. The van der Waals surface area contributed by atoms with Crippen LogP contribution in [0.3, 0.4) is 0 Å². The zero-order valence-corrected chi connectivity index (χ0v) is 33.9. The number of nitrogens with one attached hydrogen (secondary N) is 1. The van der Waals surface area contributed by atoms with Gasteiger partial charge in [-0.2, -0.15) is 0 Å². The molecule has 0 saturated heterocycles. The van der Waals surface area contributed by atoms with E-state index in [1.807, 2.05) is 66.1 Å². The van der Waals surface area contributed by atoms with Crippen molar-refractivity contribution < 1.29 is 42.6 Å². The van der Waals surface area contributed by atoms with Crippen molar-refractivity contribution >= 4 is 36.5 Å². The highest BCUT2D eigenvalue weighted by Gasteiger charge is 2.43. The maximum Gasteiger partial charge on any atom is 0.354 e. The Labute approximate surface area is 327 Å². The van der Waals surface area contributed by atoms with Crippen molar-refractivity contribution in [3.05, 3.63) is 120 Å². The largest absolute Gasteiger partial charge is 0.458 e. The number of aromatic nitrogens is 4. The average Bonchev–Trinajstić information content (AvgIpc) is 3.57. The summed E-state index contributed by atoms with van der Waals surface area (Å²) in [4.78, 5) is 56.7. The van der Waals surface area contributed by atoms with Crippen molar-refractivity contribution in [1.29, 1.82) is 0 Å². The molecule has 56 heavy (non-hydrogen) atoms. The Hall–Kier alpha value is -4.98. The molecule has 3 aromatic carbocycles. The zero-order chi connectivity index (χ0) is 40.7. The van der Waals surface area contributed by atoms with Crippen LogP contribution in [0.2, 0.25) is 0 Å². The van der Waals surface area contributed by atoms with E-state index in [1.54, 1.807) is 47.9 Å². The number of carbonyl (C=O) groups is 2. The Bertz CT molecular complexity index is 2010. The molecule has 0 bridgehead atoms. The van der Waals surface area contributed by atoms with E-state index in [1.165, 1.54) is 7.11 Å². The number of rotatable bonds is 16. The summed E-state index contributed by atoms with van der Waals surface area (Å²) in [6.07, 6.45) is -0.895. The molecular formula is C41H50N5O9P. The summed E-state index contributed by atoms with van der Waals surface area (Å²) < 4.78 is 36.3. The normalized spacial score (nSPS) is 14.0. The lowest BCUT2D eigenvalue weighted by Gasteiger charge is -2.34. The smallest absolute Gasteiger partial charge is 0.354 e. The molecule has 0 saturated carbocycles. The molecule has 5 aromatic rings. The summed E-state index contributed by atoms with van der Waals surface area (Å²) in [7, 11) is -3.16. The number of ether oxygens (including phenoxy) is 3. The third-order valence-electron chi connectivity index (χ3n) is 8.50. The van der Waals surface area contributed by atoms with Gasteiger partial charge in [-0.1, -0.05) is 91.0 Å². The van der Waals surface area contributed by atoms with Crippen molar-refractivity contribution in [1.82, 2.24) is 19.5 Å². The number of hydrogen-bond donors (Lipinski definition) is 2. The van der Waals surface area contributed by atoms with Gasteiger partial charge in [-0.25, -0.2) is 30.0 Å². The Kier molecular flexibility index (Phi) is 13.1. The second kappa shape index (κ2) is 17.4. The summed E-state index contributed by atoms with van der Waals surface area (Å²) in [6.45, 7) is 11.5. The van der Waals surface area contributed by atoms with Crippen LogP contribution in [-0.4, -0.2) is 73.7 Å². The molecule has 2 atom stereocenters. The first-order valence-corrected chi connectivity index (χ1v) is 20.0. The molecule has 2 aromatic heterocycles. The highest BCUT2D eigenvalue weighted by molar-refractivity contribution is 7.52. The Morgan fingerprint density at radius 1 is 0.804 bits per heavy atom. The standard InChI is InChI=1S/C41H50N5O9P/c1-28(24-25-52-27-56(49,50)55-33(36(47)53-39(2,3)4)37(48)54-40(5,6)7)46-26-42-32-34(45-51-8)43-38(44-35(32)46)41(29-18-12-9-13-19-29,30-20-14-10-15-21-30)31-22-16-11-17-23-31/h9-23,26,28,33H,24-25,27H2,1-8H3,(H,49,50)(H,43,44,45). The summed E-state index contributed by atoms with van der Waals surface area (Å²) >= 11 is 0. The zero-order valence-electron chi connectivity index (χ0n) is 33.0. The van der Waals surface area contributed by atoms with Crippen molar-refractivity contribution in [3.63, 3.8) is 0 Å².